The molecule has 2 rings (SSSR count). The average Bonchev–Trinajstić information content (AvgIpc) is 2.93. The molecule has 0 aliphatic heterocycles. The van der Waals surface area contributed by atoms with Crippen molar-refractivity contribution >= 4 is 23.2 Å². The Morgan fingerprint density at radius 1 is 1.32 bits per heavy atom. The molecule has 0 unspecified atom stereocenters. The van der Waals surface area contributed by atoms with Gasteiger partial charge in [-0.05, 0) is 36.8 Å². The minimum Gasteiger partial charge on any atom is -0.463 e. The topological polar surface area (TPSA) is 54.6 Å². The minimum absolute atomic E-state index is 0.187. The third-order valence-corrected chi connectivity index (χ3v) is 2.76. The highest BCUT2D eigenvalue weighted by molar-refractivity contribution is 6.30. The number of hydrogen-bond donors (Lipinski definition) is 1. The van der Waals surface area contributed by atoms with Crippen LogP contribution in [0.15, 0.2) is 52.2 Å². The summed E-state index contributed by atoms with van der Waals surface area (Å²) in [6, 6.07) is 10.7. The van der Waals surface area contributed by atoms with Crippen molar-refractivity contribution in [3.63, 3.8) is 0 Å². The molecule has 0 saturated heterocycles. The molecule has 1 heterocycles. The number of hydrazone groups is 1. The van der Waals surface area contributed by atoms with Gasteiger partial charge in [-0.3, -0.25) is 4.79 Å². The molecule has 5 heteroatoms. The van der Waals surface area contributed by atoms with Crippen molar-refractivity contribution in [2.75, 3.05) is 0 Å². The van der Waals surface area contributed by atoms with Crippen LogP contribution in [-0.4, -0.2) is 11.6 Å². The van der Waals surface area contributed by atoms with Crippen molar-refractivity contribution in [3.8, 4) is 0 Å². The second kappa shape index (κ2) is 6.20. The van der Waals surface area contributed by atoms with E-state index in [1.54, 1.807) is 37.5 Å². The Morgan fingerprint density at radius 2 is 2.05 bits per heavy atom. The number of benzene rings is 1. The van der Waals surface area contributed by atoms with Crippen molar-refractivity contribution < 1.29 is 9.21 Å². The Balaban J connectivity index is 1.91. The summed E-state index contributed by atoms with van der Waals surface area (Å²) in [5, 5.41) is 4.63. The first-order chi connectivity index (χ1) is 9.15. The summed E-state index contributed by atoms with van der Waals surface area (Å²) in [7, 11) is 0. The number of nitrogens with one attached hydrogen (secondary N) is 1. The third kappa shape index (κ3) is 3.96. The van der Waals surface area contributed by atoms with E-state index in [0.29, 0.717) is 16.5 Å². The lowest BCUT2D eigenvalue weighted by atomic mass is 10.1. The van der Waals surface area contributed by atoms with E-state index in [1.807, 2.05) is 12.1 Å². The number of amides is 1. The van der Waals surface area contributed by atoms with Crippen molar-refractivity contribution in [3.05, 3.63) is 59.0 Å². The van der Waals surface area contributed by atoms with E-state index in [-0.39, 0.29) is 12.3 Å². The predicted molar refractivity (Wildman–Crippen MR) is 74.2 cm³/mol. The summed E-state index contributed by atoms with van der Waals surface area (Å²) in [6.45, 7) is 1.77. The van der Waals surface area contributed by atoms with Gasteiger partial charge in [0.2, 0.25) is 5.91 Å². The molecule has 0 radical (unpaired) electrons. The molecule has 19 heavy (non-hydrogen) atoms. The van der Waals surface area contributed by atoms with Gasteiger partial charge in [-0.2, -0.15) is 5.10 Å². The number of rotatable bonds is 4. The van der Waals surface area contributed by atoms with Gasteiger partial charge < -0.3 is 4.42 Å². The molecule has 4 nitrogen and oxygen atoms in total. The van der Waals surface area contributed by atoms with Crippen LogP contribution in [0.2, 0.25) is 5.02 Å². The standard InChI is InChI=1S/C14H13ClN2O2/c1-10(13-3-2-8-19-13)16-17-14(18)9-11-4-6-12(15)7-5-11/h2-8H,9H2,1H3,(H,17,18)/b16-10+. The normalized spacial score (nSPS) is 11.4. The van der Waals surface area contributed by atoms with Crippen LogP contribution in [0.5, 0.6) is 0 Å². The molecule has 0 aliphatic carbocycles. The molecule has 0 spiro atoms. The zero-order valence-electron chi connectivity index (χ0n) is 10.4. The van der Waals surface area contributed by atoms with Crippen molar-refractivity contribution in [2.45, 2.75) is 13.3 Å². The molecule has 0 atom stereocenters. The fraction of sp³-hybridized carbons (Fsp3) is 0.143. The zero-order valence-corrected chi connectivity index (χ0v) is 11.1. The first-order valence-corrected chi connectivity index (χ1v) is 6.14. The fourth-order valence-corrected chi connectivity index (χ4v) is 1.64. The molecule has 98 valence electrons. The number of hydrogen-bond acceptors (Lipinski definition) is 3. The van der Waals surface area contributed by atoms with Gasteiger partial charge in [0.25, 0.3) is 0 Å². The zero-order chi connectivity index (χ0) is 13.7. The van der Waals surface area contributed by atoms with E-state index >= 15 is 0 Å². The second-order valence-corrected chi connectivity index (χ2v) is 4.45. The number of nitrogens with zero attached hydrogens (tertiary/aromatic N) is 1. The van der Waals surface area contributed by atoms with E-state index in [9.17, 15) is 4.79 Å². The average molecular weight is 277 g/mol. The third-order valence-electron chi connectivity index (χ3n) is 2.50. The Kier molecular flexibility index (Phi) is 4.36. The lowest BCUT2D eigenvalue weighted by molar-refractivity contribution is -0.120. The first kappa shape index (κ1) is 13.4. The summed E-state index contributed by atoms with van der Waals surface area (Å²) >= 11 is 5.78. The van der Waals surface area contributed by atoms with Crippen molar-refractivity contribution in [1.82, 2.24) is 5.43 Å². The summed E-state index contributed by atoms with van der Waals surface area (Å²) in [5.41, 5.74) is 3.99. The monoisotopic (exact) mass is 276 g/mol. The second-order valence-electron chi connectivity index (χ2n) is 4.01. The van der Waals surface area contributed by atoms with Gasteiger partial charge >= 0.3 is 0 Å². The molecule has 0 aliphatic rings. The van der Waals surface area contributed by atoms with E-state index in [4.69, 9.17) is 16.0 Å². The SMILES string of the molecule is C/C(=N\NC(=O)Cc1ccc(Cl)cc1)c1ccco1. The van der Waals surface area contributed by atoms with Crippen LogP contribution >= 0.6 is 11.6 Å². The molecular weight excluding hydrogens is 264 g/mol. The Bertz CT molecular complexity index is 574. The molecule has 1 aromatic carbocycles. The van der Waals surface area contributed by atoms with Gasteiger partial charge in [0.1, 0.15) is 11.5 Å². The maximum Gasteiger partial charge on any atom is 0.244 e. The Hall–Kier alpha value is -2.07. The number of carbonyl (C=O) groups excluding carboxylic acids is 1. The van der Waals surface area contributed by atoms with E-state index in [1.165, 1.54) is 0 Å². The highest BCUT2D eigenvalue weighted by Crippen LogP contribution is 2.09. The highest BCUT2D eigenvalue weighted by atomic mass is 35.5. The predicted octanol–water partition coefficient (Wildman–Crippen LogP) is 3.02. The quantitative estimate of drug-likeness (QED) is 0.689. The van der Waals surface area contributed by atoms with Gasteiger partial charge in [-0.25, -0.2) is 5.43 Å². The van der Waals surface area contributed by atoms with Crippen molar-refractivity contribution in [1.29, 1.82) is 0 Å². The molecule has 1 aromatic heterocycles. The fourth-order valence-electron chi connectivity index (χ4n) is 1.51. The van der Waals surface area contributed by atoms with Crippen LogP contribution in [0, 0.1) is 0 Å². The largest absolute Gasteiger partial charge is 0.463 e. The number of furan rings is 1. The van der Waals surface area contributed by atoms with E-state index < -0.39 is 0 Å². The maximum absolute atomic E-state index is 11.7. The van der Waals surface area contributed by atoms with Crippen LogP contribution in [0.3, 0.4) is 0 Å². The van der Waals surface area contributed by atoms with Crippen LogP contribution < -0.4 is 5.43 Å². The molecular formula is C14H13ClN2O2. The van der Waals surface area contributed by atoms with Crippen LogP contribution in [-0.2, 0) is 11.2 Å². The minimum atomic E-state index is -0.187. The lowest BCUT2D eigenvalue weighted by Crippen LogP contribution is -2.21. The van der Waals surface area contributed by atoms with Crippen LogP contribution in [0.1, 0.15) is 18.2 Å². The van der Waals surface area contributed by atoms with Gasteiger partial charge in [-0.15, -0.1) is 0 Å². The molecule has 1 N–H and O–H groups in total. The first-order valence-electron chi connectivity index (χ1n) is 5.76. The van der Waals surface area contributed by atoms with Crippen LogP contribution in [0.4, 0.5) is 0 Å². The Morgan fingerprint density at radius 3 is 2.68 bits per heavy atom. The molecule has 2 aromatic rings. The van der Waals surface area contributed by atoms with E-state index in [0.717, 1.165) is 5.56 Å². The summed E-state index contributed by atoms with van der Waals surface area (Å²) in [6.07, 6.45) is 1.82. The lowest BCUT2D eigenvalue weighted by Gasteiger charge is -2.02. The summed E-state index contributed by atoms with van der Waals surface area (Å²) < 4.78 is 5.16. The smallest absolute Gasteiger partial charge is 0.244 e. The van der Waals surface area contributed by atoms with Gasteiger partial charge in [0.05, 0.1) is 12.7 Å². The summed E-state index contributed by atoms with van der Waals surface area (Å²) in [4.78, 5) is 11.7. The van der Waals surface area contributed by atoms with Gasteiger partial charge in [-0.1, -0.05) is 23.7 Å². The van der Waals surface area contributed by atoms with Gasteiger partial charge in [0.15, 0.2) is 0 Å². The number of carbonyl (C=O) groups is 1. The van der Waals surface area contributed by atoms with Gasteiger partial charge in [0, 0.05) is 5.02 Å². The highest BCUT2D eigenvalue weighted by Gasteiger charge is 2.04. The molecule has 1 amide bonds. The van der Waals surface area contributed by atoms with Crippen molar-refractivity contribution in [2.24, 2.45) is 5.10 Å². The molecule has 0 saturated carbocycles. The molecule has 0 fully saturated rings. The summed E-state index contributed by atoms with van der Waals surface area (Å²) in [5.74, 6) is 0.444. The van der Waals surface area contributed by atoms with E-state index in [2.05, 4.69) is 10.5 Å². The maximum atomic E-state index is 11.7. The molecule has 0 bridgehead atoms. The van der Waals surface area contributed by atoms with Crippen LogP contribution in [0.25, 0.3) is 0 Å². The number of halogens is 1. The Labute approximate surface area is 116 Å².